The van der Waals surface area contributed by atoms with Gasteiger partial charge in [-0.25, -0.2) is 4.39 Å². The van der Waals surface area contributed by atoms with Crippen LogP contribution in [0, 0.1) is 17.7 Å². The molecule has 184 valence electrons. The van der Waals surface area contributed by atoms with Crippen LogP contribution in [0.4, 0.5) is 4.39 Å². The number of hydrogen-bond acceptors (Lipinski definition) is 5. The van der Waals surface area contributed by atoms with Crippen LogP contribution in [-0.4, -0.2) is 43.1 Å². The van der Waals surface area contributed by atoms with Gasteiger partial charge in [0, 0.05) is 19.6 Å². The van der Waals surface area contributed by atoms with Crippen LogP contribution in [0.3, 0.4) is 0 Å². The van der Waals surface area contributed by atoms with Crippen LogP contribution in [0.5, 0.6) is 0 Å². The van der Waals surface area contributed by atoms with E-state index in [0.717, 1.165) is 18.4 Å². The molecule has 7 nitrogen and oxygen atoms in total. The van der Waals surface area contributed by atoms with Crippen LogP contribution in [0.1, 0.15) is 51.8 Å². The minimum Gasteiger partial charge on any atom is -0.443 e. The highest BCUT2D eigenvalue weighted by molar-refractivity contribution is 7.85. The standard InChI is InChI=1S/C25H23FN2O2.CH4O3S/c26-23-7-2-1-5-20(23)8-9-22-10-11-24(30-22)25(29)28-14-12-19(13-15-28)21-6-3-4-18(16-21)17-27;1-5(2,3)4/h1-7,10-11,16,19H,12-15,17,27H2;1H3,(H,2,3,4). The van der Waals surface area contributed by atoms with Gasteiger partial charge in [0.25, 0.3) is 16.0 Å². The fraction of sp³-hybridized carbons (Fsp3) is 0.269. The molecule has 0 radical (unpaired) electrons. The molecule has 2 heterocycles. The molecular weight excluding hydrogens is 471 g/mol. The summed E-state index contributed by atoms with van der Waals surface area (Å²) in [5, 5.41) is 0. The fourth-order valence-electron chi connectivity index (χ4n) is 3.76. The Labute approximate surface area is 204 Å². The van der Waals surface area contributed by atoms with E-state index in [4.69, 9.17) is 14.7 Å². The maximum absolute atomic E-state index is 13.7. The Balaban J connectivity index is 0.000000623. The minimum absolute atomic E-state index is 0.136. The lowest BCUT2D eigenvalue weighted by Crippen LogP contribution is -2.37. The van der Waals surface area contributed by atoms with Gasteiger partial charge in [-0.15, -0.1) is 0 Å². The second-order valence-corrected chi connectivity index (χ2v) is 9.61. The second-order valence-electron chi connectivity index (χ2n) is 8.14. The maximum Gasteiger partial charge on any atom is 0.289 e. The van der Waals surface area contributed by atoms with Gasteiger partial charge in [-0.3, -0.25) is 9.35 Å². The Morgan fingerprint density at radius 3 is 2.46 bits per heavy atom. The molecule has 0 unspecified atom stereocenters. The van der Waals surface area contributed by atoms with Gasteiger partial charge in [-0.1, -0.05) is 42.3 Å². The third-order valence-corrected chi connectivity index (χ3v) is 5.45. The fourth-order valence-corrected chi connectivity index (χ4v) is 3.76. The lowest BCUT2D eigenvalue weighted by atomic mass is 9.88. The third kappa shape index (κ3) is 8.07. The van der Waals surface area contributed by atoms with Crippen molar-refractivity contribution in [1.82, 2.24) is 4.90 Å². The number of hydrogen-bond donors (Lipinski definition) is 2. The Morgan fingerprint density at radius 2 is 1.80 bits per heavy atom. The average molecular weight is 499 g/mol. The summed E-state index contributed by atoms with van der Waals surface area (Å²) in [4.78, 5) is 14.6. The Hall–Kier alpha value is -3.45. The van der Waals surface area contributed by atoms with E-state index in [9.17, 15) is 17.6 Å². The molecule has 0 aliphatic carbocycles. The molecule has 1 aromatic heterocycles. The SMILES string of the molecule is CS(=O)(=O)O.NCc1cccc(C2CCN(C(=O)c3ccc(C#Cc4ccccc4F)o3)CC2)c1. The first kappa shape index (κ1) is 26.2. The number of rotatable bonds is 3. The molecule has 3 aromatic rings. The number of benzene rings is 2. The highest BCUT2D eigenvalue weighted by Gasteiger charge is 2.26. The van der Waals surface area contributed by atoms with Gasteiger partial charge in [0.1, 0.15) is 5.82 Å². The van der Waals surface area contributed by atoms with Crippen molar-refractivity contribution >= 4 is 16.0 Å². The van der Waals surface area contributed by atoms with E-state index in [1.54, 1.807) is 30.3 Å². The zero-order valence-electron chi connectivity index (χ0n) is 19.3. The third-order valence-electron chi connectivity index (χ3n) is 5.45. The number of furan rings is 1. The van der Waals surface area contributed by atoms with Crippen LogP contribution < -0.4 is 5.73 Å². The summed E-state index contributed by atoms with van der Waals surface area (Å²) in [6.07, 6.45) is 2.52. The molecule has 0 spiro atoms. The Kier molecular flexibility index (Phi) is 8.82. The number of carbonyl (C=O) groups is 1. The molecule has 9 heteroatoms. The van der Waals surface area contributed by atoms with Gasteiger partial charge in [0.05, 0.1) is 11.8 Å². The summed E-state index contributed by atoms with van der Waals surface area (Å²) in [6.45, 7) is 1.88. The molecule has 1 saturated heterocycles. The summed E-state index contributed by atoms with van der Waals surface area (Å²) >= 11 is 0. The van der Waals surface area contributed by atoms with Crippen molar-refractivity contribution < 1.29 is 26.6 Å². The van der Waals surface area contributed by atoms with Crippen LogP contribution >= 0.6 is 0 Å². The van der Waals surface area contributed by atoms with E-state index in [0.29, 0.717) is 43.1 Å². The van der Waals surface area contributed by atoms with Crippen molar-refractivity contribution in [3.63, 3.8) is 0 Å². The zero-order chi connectivity index (χ0) is 25.4. The number of likely N-dealkylation sites (tertiary alicyclic amines) is 1. The molecule has 1 aliphatic rings. The van der Waals surface area contributed by atoms with Crippen LogP contribution in [-0.2, 0) is 16.7 Å². The first-order valence-electron chi connectivity index (χ1n) is 11.0. The van der Waals surface area contributed by atoms with Gasteiger partial charge in [0.2, 0.25) is 0 Å². The summed E-state index contributed by atoms with van der Waals surface area (Å²) in [6, 6.07) is 17.9. The quantitative estimate of drug-likeness (QED) is 0.419. The summed E-state index contributed by atoms with van der Waals surface area (Å²) < 4.78 is 45.1. The van der Waals surface area contributed by atoms with Crippen molar-refractivity contribution in [2.24, 2.45) is 5.73 Å². The number of nitrogens with two attached hydrogens (primary N) is 1. The maximum atomic E-state index is 13.7. The van der Waals surface area contributed by atoms with Crippen LogP contribution in [0.2, 0.25) is 0 Å². The first-order valence-corrected chi connectivity index (χ1v) is 12.9. The number of carbonyl (C=O) groups excluding carboxylic acids is 1. The second kappa shape index (κ2) is 11.8. The zero-order valence-corrected chi connectivity index (χ0v) is 20.1. The predicted molar refractivity (Wildman–Crippen MR) is 131 cm³/mol. The van der Waals surface area contributed by atoms with Gasteiger partial charge in [-0.2, -0.15) is 8.42 Å². The van der Waals surface area contributed by atoms with Gasteiger partial charge >= 0.3 is 0 Å². The normalized spacial score (nSPS) is 13.9. The number of halogens is 1. The Bertz CT molecular complexity index is 1320. The van der Waals surface area contributed by atoms with Crippen molar-refractivity contribution in [2.45, 2.75) is 25.3 Å². The molecule has 0 saturated carbocycles. The summed E-state index contributed by atoms with van der Waals surface area (Å²) in [7, 11) is -3.67. The lowest BCUT2D eigenvalue weighted by molar-refractivity contribution is 0.0680. The van der Waals surface area contributed by atoms with E-state index in [-0.39, 0.29) is 17.5 Å². The van der Waals surface area contributed by atoms with Crippen LogP contribution in [0.25, 0.3) is 0 Å². The van der Waals surface area contributed by atoms with Gasteiger partial charge in [0.15, 0.2) is 11.5 Å². The molecule has 1 fully saturated rings. The first-order chi connectivity index (χ1) is 16.6. The molecular formula is C26H27FN2O5S. The summed E-state index contributed by atoms with van der Waals surface area (Å²) in [5.74, 6) is 6.04. The monoisotopic (exact) mass is 498 g/mol. The topological polar surface area (TPSA) is 114 Å². The van der Waals surface area contributed by atoms with E-state index >= 15 is 0 Å². The largest absolute Gasteiger partial charge is 0.443 e. The van der Waals surface area contributed by atoms with Crippen molar-refractivity contribution in [3.8, 4) is 11.8 Å². The highest BCUT2D eigenvalue weighted by atomic mass is 32.2. The molecule has 3 N–H and O–H groups in total. The molecule has 35 heavy (non-hydrogen) atoms. The predicted octanol–water partition coefficient (Wildman–Crippen LogP) is 3.80. The smallest absolute Gasteiger partial charge is 0.289 e. The molecule has 0 atom stereocenters. The lowest BCUT2D eigenvalue weighted by Gasteiger charge is -2.31. The Morgan fingerprint density at radius 1 is 1.11 bits per heavy atom. The van der Waals surface area contributed by atoms with Crippen molar-refractivity contribution in [2.75, 3.05) is 19.3 Å². The van der Waals surface area contributed by atoms with E-state index in [2.05, 4.69) is 24.0 Å². The van der Waals surface area contributed by atoms with Gasteiger partial charge in [-0.05, 0) is 60.1 Å². The summed E-state index contributed by atoms with van der Waals surface area (Å²) in [5.41, 5.74) is 8.46. The number of nitrogens with zero attached hydrogens (tertiary/aromatic N) is 1. The van der Waals surface area contributed by atoms with E-state index in [1.165, 1.54) is 11.6 Å². The molecule has 1 aliphatic heterocycles. The molecule has 1 amide bonds. The molecule has 0 bridgehead atoms. The van der Waals surface area contributed by atoms with Gasteiger partial charge < -0.3 is 15.1 Å². The van der Waals surface area contributed by atoms with E-state index < -0.39 is 10.1 Å². The van der Waals surface area contributed by atoms with Crippen molar-refractivity contribution in [1.29, 1.82) is 0 Å². The number of piperidine rings is 1. The average Bonchev–Trinajstić information content (AvgIpc) is 3.31. The minimum atomic E-state index is -3.67. The highest BCUT2D eigenvalue weighted by Crippen LogP contribution is 2.29. The van der Waals surface area contributed by atoms with Crippen molar-refractivity contribution in [3.05, 3.63) is 94.7 Å². The van der Waals surface area contributed by atoms with Crippen LogP contribution in [0.15, 0.2) is 65.1 Å². The number of amides is 1. The molecule has 4 rings (SSSR count). The van der Waals surface area contributed by atoms with E-state index in [1.807, 2.05) is 17.0 Å². The molecule has 2 aromatic carbocycles.